The van der Waals surface area contributed by atoms with Crippen LogP contribution in [0.15, 0.2) is 24.3 Å². The molecule has 1 nitrogen and oxygen atoms in total. The smallest absolute Gasteiger partial charge is 0.0408 e. The lowest BCUT2D eigenvalue weighted by Gasteiger charge is -2.25. The predicted octanol–water partition coefficient (Wildman–Crippen LogP) is 3.91. The first-order chi connectivity index (χ1) is 8.20. The van der Waals surface area contributed by atoms with Crippen molar-refractivity contribution < 1.29 is 0 Å². The lowest BCUT2D eigenvalue weighted by Crippen LogP contribution is -2.37. The molecule has 0 spiro atoms. The van der Waals surface area contributed by atoms with Crippen molar-refractivity contribution in [1.29, 1.82) is 0 Å². The summed E-state index contributed by atoms with van der Waals surface area (Å²) in [5, 5.41) is 4.47. The van der Waals surface area contributed by atoms with E-state index < -0.39 is 0 Å². The van der Waals surface area contributed by atoms with Gasteiger partial charge in [0.1, 0.15) is 0 Å². The monoisotopic (exact) mass is 251 g/mol. The van der Waals surface area contributed by atoms with E-state index in [-0.39, 0.29) is 0 Å². The van der Waals surface area contributed by atoms with Crippen molar-refractivity contribution in [3.05, 3.63) is 34.9 Å². The minimum Gasteiger partial charge on any atom is -0.314 e. The summed E-state index contributed by atoms with van der Waals surface area (Å²) in [5.41, 5.74) is 1.34. The van der Waals surface area contributed by atoms with Crippen LogP contribution in [0.4, 0.5) is 0 Å². The third-order valence-electron chi connectivity index (χ3n) is 3.81. The van der Waals surface area contributed by atoms with Crippen LogP contribution in [0.25, 0.3) is 0 Å². The lowest BCUT2D eigenvalue weighted by molar-refractivity contribution is 0.344. The number of nitrogens with one attached hydrogen (secondary N) is 1. The zero-order chi connectivity index (χ0) is 12.3. The van der Waals surface area contributed by atoms with Crippen molar-refractivity contribution >= 4 is 11.6 Å². The van der Waals surface area contributed by atoms with Gasteiger partial charge in [0, 0.05) is 11.1 Å². The van der Waals surface area contributed by atoms with Gasteiger partial charge in [0.2, 0.25) is 0 Å². The Morgan fingerprint density at radius 1 is 1.41 bits per heavy atom. The molecular weight excluding hydrogens is 230 g/mol. The predicted molar refractivity (Wildman–Crippen MR) is 74.5 cm³/mol. The van der Waals surface area contributed by atoms with E-state index in [1.54, 1.807) is 0 Å². The summed E-state index contributed by atoms with van der Waals surface area (Å²) in [5.74, 6) is 1.71. The molecule has 17 heavy (non-hydrogen) atoms. The molecule has 1 saturated carbocycles. The minimum absolute atomic E-state index is 0.589. The van der Waals surface area contributed by atoms with E-state index in [2.05, 4.69) is 31.3 Å². The van der Waals surface area contributed by atoms with Crippen LogP contribution in [-0.2, 0) is 6.42 Å². The zero-order valence-electron chi connectivity index (χ0n) is 10.7. The summed E-state index contributed by atoms with van der Waals surface area (Å²) in [6.45, 7) is 5.61. The fourth-order valence-corrected chi connectivity index (χ4v) is 2.79. The van der Waals surface area contributed by atoms with Crippen LogP contribution in [0.1, 0.15) is 32.3 Å². The molecule has 2 rings (SSSR count). The van der Waals surface area contributed by atoms with Crippen molar-refractivity contribution in [3.63, 3.8) is 0 Å². The maximum atomic E-state index is 6.04. The van der Waals surface area contributed by atoms with Gasteiger partial charge < -0.3 is 5.32 Å². The average molecular weight is 252 g/mol. The van der Waals surface area contributed by atoms with E-state index >= 15 is 0 Å². The zero-order valence-corrected chi connectivity index (χ0v) is 11.5. The van der Waals surface area contributed by atoms with Gasteiger partial charge in [-0.25, -0.2) is 0 Å². The second-order valence-corrected chi connectivity index (χ2v) is 5.63. The lowest BCUT2D eigenvalue weighted by atomic mass is 9.91. The quantitative estimate of drug-likeness (QED) is 0.809. The van der Waals surface area contributed by atoms with Crippen LogP contribution in [-0.4, -0.2) is 12.6 Å². The van der Waals surface area contributed by atoms with Gasteiger partial charge in [0.15, 0.2) is 0 Å². The molecule has 2 heteroatoms. The van der Waals surface area contributed by atoms with Crippen LogP contribution in [0.2, 0.25) is 5.02 Å². The van der Waals surface area contributed by atoms with E-state index in [0.717, 1.165) is 29.8 Å². The Bertz CT molecular complexity index is 360. The number of hydrogen-bond acceptors (Lipinski definition) is 1. The molecule has 0 amide bonds. The van der Waals surface area contributed by atoms with Crippen molar-refractivity contribution in [1.82, 2.24) is 5.32 Å². The molecule has 1 aliphatic carbocycles. The first kappa shape index (κ1) is 12.9. The second kappa shape index (κ2) is 5.88. The summed E-state index contributed by atoms with van der Waals surface area (Å²) in [7, 11) is 0. The standard InChI is InChI=1S/C15H22ClN/c1-3-17-15(11(2)13-7-8-13)10-12-5-4-6-14(16)9-12/h4-6,9,11,13,15,17H,3,7-8,10H2,1-2H3. The highest BCUT2D eigenvalue weighted by molar-refractivity contribution is 6.30. The van der Waals surface area contributed by atoms with Gasteiger partial charge in [-0.2, -0.15) is 0 Å². The highest BCUT2D eigenvalue weighted by Crippen LogP contribution is 2.38. The van der Waals surface area contributed by atoms with Gasteiger partial charge >= 0.3 is 0 Å². The summed E-state index contributed by atoms with van der Waals surface area (Å²) in [6, 6.07) is 8.84. The fourth-order valence-electron chi connectivity index (χ4n) is 2.57. The molecule has 1 fully saturated rings. The first-order valence-corrected chi connectivity index (χ1v) is 7.06. The fraction of sp³-hybridized carbons (Fsp3) is 0.600. The van der Waals surface area contributed by atoms with Gasteiger partial charge in [0.05, 0.1) is 0 Å². The molecule has 1 N–H and O–H groups in total. The number of hydrogen-bond donors (Lipinski definition) is 1. The summed E-state index contributed by atoms with van der Waals surface area (Å²) in [4.78, 5) is 0. The van der Waals surface area contributed by atoms with Crippen molar-refractivity contribution in [2.45, 2.75) is 39.2 Å². The Balaban J connectivity index is 2.01. The van der Waals surface area contributed by atoms with Crippen LogP contribution < -0.4 is 5.32 Å². The maximum absolute atomic E-state index is 6.04. The molecule has 0 heterocycles. The van der Waals surface area contributed by atoms with Crippen LogP contribution in [0.5, 0.6) is 0 Å². The highest BCUT2D eigenvalue weighted by atomic mass is 35.5. The number of halogens is 1. The Hall–Kier alpha value is -0.530. The van der Waals surface area contributed by atoms with Crippen LogP contribution in [0, 0.1) is 11.8 Å². The highest BCUT2D eigenvalue weighted by Gasteiger charge is 2.32. The van der Waals surface area contributed by atoms with Crippen molar-refractivity contribution in [2.24, 2.45) is 11.8 Å². The molecule has 0 aliphatic heterocycles. The molecule has 0 aromatic heterocycles. The van der Waals surface area contributed by atoms with Gasteiger partial charge in [-0.05, 0) is 55.3 Å². The SMILES string of the molecule is CCNC(Cc1cccc(Cl)c1)C(C)C1CC1. The largest absolute Gasteiger partial charge is 0.314 e. The van der Waals surface area contributed by atoms with Crippen molar-refractivity contribution in [3.8, 4) is 0 Å². The Kier molecular flexibility index (Phi) is 4.47. The van der Waals surface area contributed by atoms with E-state index in [1.165, 1.54) is 18.4 Å². The molecule has 0 saturated heterocycles. The van der Waals surface area contributed by atoms with E-state index in [9.17, 15) is 0 Å². The van der Waals surface area contributed by atoms with Crippen LogP contribution in [0.3, 0.4) is 0 Å². The summed E-state index contributed by atoms with van der Waals surface area (Å²) in [6.07, 6.45) is 3.92. The Labute approximate surface area is 110 Å². The third kappa shape index (κ3) is 3.72. The number of likely N-dealkylation sites (N-methyl/N-ethyl adjacent to an activating group) is 1. The number of benzene rings is 1. The molecule has 2 unspecified atom stereocenters. The molecule has 1 aromatic rings. The average Bonchev–Trinajstić information content (AvgIpc) is 3.11. The van der Waals surface area contributed by atoms with E-state index in [4.69, 9.17) is 11.6 Å². The summed E-state index contributed by atoms with van der Waals surface area (Å²) < 4.78 is 0. The normalized spacial score (nSPS) is 19.0. The third-order valence-corrected chi connectivity index (χ3v) is 4.05. The number of rotatable bonds is 6. The van der Waals surface area contributed by atoms with Gasteiger partial charge in [-0.3, -0.25) is 0 Å². The molecule has 0 bridgehead atoms. The molecule has 1 aromatic carbocycles. The molecule has 0 radical (unpaired) electrons. The van der Waals surface area contributed by atoms with Gasteiger partial charge in [0.25, 0.3) is 0 Å². The van der Waals surface area contributed by atoms with Gasteiger partial charge in [-0.1, -0.05) is 37.6 Å². The summed E-state index contributed by atoms with van der Waals surface area (Å²) >= 11 is 6.04. The Morgan fingerprint density at radius 2 is 2.18 bits per heavy atom. The van der Waals surface area contributed by atoms with Crippen LogP contribution >= 0.6 is 11.6 Å². The first-order valence-electron chi connectivity index (χ1n) is 6.68. The molecular formula is C15H22ClN. The second-order valence-electron chi connectivity index (χ2n) is 5.19. The minimum atomic E-state index is 0.589. The van der Waals surface area contributed by atoms with E-state index in [0.29, 0.717) is 6.04 Å². The van der Waals surface area contributed by atoms with E-state index in [1.807, 2.05) is 12.1 Å². The van der Waals surface area contributed by atoms with Crippen molar-refractivity contribution in [2.75, 3.05) is 6.54 Å². The topological polar surface area (TPSA) is 12.0 Å². The molecule has 94 valence electrons. The Morgan fingerprint density at radius 3 is 2.76 bits per heavy atom. The van der Waals surface area contributed by atoms with Gasteiger partial charge in [-0.15, -0.1) is 0 Å². The molecule has 2 atom stereocenters. The maximum Gasteiger partial charge on any atom is 0.0408 e. The molecule has 1 aliphatic rings.